The van der Waals surface area contributed by atoms with Crippen LogP contribution in [0.25, 0.3) is 0 Å². The Hall–Kier alpha value is -3.61. The second-order valence-corrected chi connectivity index (χ2v) is 8.72. The molecule has 5 nitrogen and oxygen atoms in total. The highest BCUT2D eigenvalue weighted by molar-refractivity contribution is 5.96. The zero-order valence-electron chi connectivity index (χ0n) is 18.9. The molecule has 0 aliphatic carbocycles. The van der Waals surface area contributed by atoms with Crippen LogP contribution in [0.2, 0.25) is 0 Å². The van der Waals surface area contributed by atoms with Crippen molar-refractivity contribution in [2.75, 3.05) is 18.0 Å². The van der Waals surface area contributed by atoms with Crippen LogP contribution in [0, 0.1) is 24.5 Å². The molecule has 1 aromatic heterocycles. The first-order chi connectivity index (χ1) is 16.3. The Morgan fingerprint density at radius 3 is 2.38 bits per heavy atom. The fraction of sp³-hybridized carbons (Fsp3) is 0.296. The van der Waals surface area contributed by atoms with E-state index in [2.05, 4.69) is 9.88 Å². The van der Waals surface area contributed by atoms with Crippen LogP contribution < -0.4 is 4.90 Å². The highest BCUT2D eigenvalue weighted by Crippen LogP contribution is 2.33. The number of carbonyl (C=O) groups excluding carboxylic acids is 1. The predicted molar refractivity (Wildman–Crippen MR) is 125 cm³/mol. The number of rotatable bonds is 7. The lowest BCUT2D eigenvalue weighted by atomic mass is 9.85. The first-order valence-corrected chi connectivity index (χ1v) is 11.3. The molecule has 3 aromatic rings. The molecule has 1 unspecified atom stereocenters. The SMILES string of the molecule is Cc1cc(C(=O)CC(c2ccc(N3CCC(C(=O)O)CC3)cc2)c2ccc(F)cc2F)ccn1. The van der Waals surface area contributed by atoms with Crippen molar-refractivity contribution in [2.45, 2.75) is 32.1 Å². The van der Waals surface area contributed by atoms with Crippen LogP contribution >= 0.6 is 0 Å². The maximum absolute atomic E-state index is 14.8. The Balaban J connectivity index is 1.60. The Morgan fingerprint density at radius 2 is 1.76 bits per heavy atom. The molecule has 7 heteroatoms. The Bertz CT molecular complexity index is 1190. The number of benzene rings is 2. The topological polar surface area (TPSA) is 70.5 Å². The van der Waals surface area contributed by atoms with Crippen LogP contribution in [0.1, 0.15) is 52.4 Å². The number of carbonyl (C=O) groups is 2. The highest BCUT2D eigenvalue weighted by Gasteiger charge is 2.26. The molecule has 1 saturated heterocycles. The zero-order chi connectivity index (χ0) is 24.2. The molecule has 1 fully saturated rings. The molecule has 34 heavy (non-hydrogen) atoms. The number of aryl methyl sites for hydroxylation is 1. The minimum absolute atomic E-state index is 0.0232. The zero-order valence-corrected chi connectivity index (χ0v) is 18.9. The van der Waals surface area contributed by atoms with Gasteiger partial charge in [0.15, 0.2) is 5.78 Å². The molecule has 0 saturated carbocycles. The molecule has 1 aliphatic rings. The first kappa shape index (κ1) is 23.5. The van der Waals surface area contributed by atoms with Gasteiger partial charge < -0.3 is 10.0 Å². The maximum Gasteiger partial charge on any atom is 0.306 e. The molecule has 4 rings (SSSR count). The maximum atomic E-state index is 14.8. The van der Waals surface area contributed by atoms with E-state index in [1.165, 1.54) is 12.1 Å². The van der Waals surface area contributed by atoms with Gasteiger partial charge >= 0.3 is 5.97 Å². The van der Waals surface area contributed by atoms with Gasteiger partial charge in [0.1, 0.15) is 11.6 Å². The van der Waals surface area contributed by atoms with E-state index in [-0.39, 0.29) is 23.7 Å². The van der Waals surface area contributed by atoms with Crippen LogP contribution in [0.3, 0.4) is 0 Å². The normalized spacial score (nSPS) is 15.2. The third kappa shape index (κ3) is 5.30. The number of aliphatic carboxylic acids is 1. The number of hydrogen-bond acceptors (Lipinski definition) is 4. The average Bonchev–Trinajstić information content (AvgIpc) is 2.83. The standard InChI is InChI=1S/C27H26F2N2O3/c1-17-14-20(8-11-30-17)26(32)16-24(23-7-4-21(28)15-25(23)29)18-2-5-22(6-3-18)31-12-9-19(10-13-31)27(33)34/h2-8,11,14-15,19,24H,9-10,12-13,16H2,1H3,(H,33,34). The van der Waals surface area contributed by atoms with Crippen molar-refractivity contribution in [1.29, 1.82) is 0 Å². The van der Waals surface area contributed by atoms with Crippen LogP contribution in [0.15, 0.2) is 60.8 Å². The van der Waals surface area contributed by atoms with E-state index in [0.717, 1.165) is 17.3 Å². The van der Waals surface area contributed by atoms with Crippen LogP contribution in [0.5, 0.6) is 0 Å². The van der Waals surface area contributed by atoms with E-state index >= 15 is 0 Å². The van der Waals surface area contributed by atoms with E-state index in [1.54, 1.807) is 25.3 Å². The van der Waals surface area contributed by atoms with Crippen molar-refractivity contribution in [1.82, 2.24) is 4.98 Å². The molecular formula is C27H26F2N2O3. The second kappa shape index (κ2) is 10.1. The predicted octanol–water partition coefficient (Wildman–Crippen LogP) is 5.37. The minimum Gasteiger partial charge on any atom is -0.481 e. The lowest BCUT2D eigenvalue weighted by molar-refractivity contribution is -0.142. The number of halogens is 2. The fourth-order valence-electron chi connectivity index (χ4n) is 4.52. The summed E-state index contributed by atoms with van der Waals surface area (Å²) >= 11 is 0. The van der Waals surface area contributed by atoms with Gasteiger partial charge in [0.2, 0.25) is 0 Å². The molecule has 0 amide bonds. The summed E-state index contributed by atoms with van der Waals surface area (Å²) in [6.45, 7) is 3.09. The molecule has 1 atom stereocenters. The van der Waals surface area contributed by atoms with E-state index < -0.39 is 23.5 Å². The van der Waals surface area contributed by atoms with E-state index in [9.17, 15) is 23.5 Å². The lowest BCUT2D eigenvalue weighted by Crippen LogP contribution is -2.36. The second-order valence-electron chi connectivity index (χ2n) is 8.72. The third-order valence-electron chi connectivity index (χ3n) is 6.45. The van der Waals surface area contributed by atoms with E-state index in [1.807, 2.05) is 24.3 Å². The van der Waals surface area contributed by atoms with Gasteiger partial charge in [0, 0.05) is 54.6 Å². The van der Waals surface area contributed by atoms with Gasteiger partial charge in [-0.05, 0) is 61.2 Å². The summed E-state index contributed by atoms with van der Waals surface area (Å²) in [4.78, 5) is 30.5. The van der Waals surface area contributed by atoms with Gasteiger partial charge in [0.05, 0.1) is 5.92 Å². The van der Waals surface area contributed by atoms with Gasteiger partial charge in [-0.2, -0.15) is 0 Å². The number of aromatic nitrogens is 1. The monoisotopic (exact) mass is 464 g/mol. The molecule has 176 valence electrons. The van der Waals surface area contributed by atoms with Gasteiger partial charge in [0.25, 0.3) is 0 Å². The number of carboxylic acid groups (broad SMARTS) is 1. The molecular weight excluding hydrogens is 438 g/mol. The van der Waals surface area contributed by atoms with E-state index in [0.29, 0.717) is 37.2 Å². The Labute approximate surface area is 197 Å². The van der Waals surface area contributed by atoms with Crippen LogP contribution in [-0.2, 0) is 4.79 Å². The van der Waals surface area contributed by atoms with Crippen LogP contribution in [0.4, 0.5) is 14.5 Å². The van der Waals surface area contributed by atoms with Crippen molar-refractivity contribution in [3.63, 3.8) is 0 Å². The highest BCUT2D eigenvalue weighted by atomic mass is 19.1. The number of Topliss-reactive ketones (excluding diaryl/α,β-unsaturated/α-hetero) is 1. The summed E-state index contributed by atoms with van der Waals surface area (Å²) in [6.07, 6.45) is 2.76. The molecule has 2 aromatic carbocycles. The summed E-state index contributed by atoms with van der Waals surface area (Å²) in [5, 5.41) is 9.21. The number of anilines is 1. The number of pyridine rings is 1. The molecule has 0 spiro atoms. The summed E-state index contributed by atoms with van der Waals surface area (Å²) in [7, 11) is 0. The van der Waals surface area contributed by atoms with Crippen molar-refractivity contribution in [2.24, 2.45) is 5.92 Å². The Kier molecular flexibility index (Phi) is 7.01. The number of nitrogens with zero attached hydrogens (tertiary/aromatic N) is 2. The molecule has 2 heterocycles. The van der Waals surface area contributed by atoms with Gasteiger partial charge in [-0.15, -0.1) is 0 Å². The third-order valence-corrected chi connectivity index (χ3v) is 6.45. The van der Waals surface area contributed by atoms with Crippen molar-refractivity contribution in [3.8, 4) is 0 Å². The van der Waals surface area contributed by atoms with Gasteiger partial charge in [-0.25, -0.2) is 8.78 Å². The molecule has 0 radical (unpaired) electrons. The first-order valence-electron chi connectivity index (χ1n) is 11.3. The number of carboxylic acids is 1. The van der Waals surface area contributed by atoms with Crippen molar-refractivity contribution < 1.29 is 23.5 Å². The molecule has 1 N–H and O–H groups in total. The van der Waals surface area contributed by atoms with Crippen LogP contribution in [-0.4, -0.2) is 34.9 Å². The van der Waals surface area contributed by atoms with E-state index in [4.69, 9.17) is 0 Å². The number of piperidine rings is 1. The summed E-state index contributed by atoms with van der Waals surface area (Å²) in [5.41, 5.74) is 3.16. The largest absolute Gasteiger partial charge is 0.481 e. The minimum atomic E-state index is -0.756. The molecule has 0 bridgehead atoms. The molecule has 1 aliphatic heterocycles. The summed E-state index contributed by atoms with van der Waals surface area (Å²) in [6, 6.07) is 14.3. The summed E-state index contributed by atoms with van der Waals surface area (Å²) < 4.78 is 28.3. The lowest BCUT2D eigenvalue weighted by Gasteiger charge is -2.32. The Morgan fingerprint density at radius 1 is 1.06 bits per heavy atom. The van der Waals surface area contributed by atoms with Crippen molar-refractivity contribution >= 4 is 17.4 Å². The smallest absolute Gasteiger partial charge is 0.306 e. The quantitative estimate of drug-likeness (QED) is 0.476. The number of hydrogen-bond donors (Lipinski definition) is 1. The van der Waals surface area contributed by atoms with Gasteiger partial charge in [-0.1, -0.05) is 18.2 Å². The summed E-state index contributed by atoms with van der Waals surface area (Å²) in [5.74, 6) is -3.18. The fourth-order valence-corrected chi connectivity index (χ4v) is 4.52. The van der Waals surface area contributed by atoms with Gasteiger partial charge in [-0.3, -0.25) is 14.6 Å². The average molecular weight is 465 g/mol. The van der Waals surface area contributed by atoms with Crippen molar-refractivity contribution in [3.05, 3.63) is 94.8 Å². The number of ketones is 1.